The summed E-state index contributed by atoms with van der Waals surface area (Å²) in [4.78, 5) is 20.7. The van der Waals surface area contributed by atoms with E-state index in [-0.39, 0.29) is 0 Å². The molecular weight excluding hydrogens is 336 g/mol. The van der Waals surface area contributed by atoms with E-state index in [9.17, 15) is 9.59 Å². The van der Waals surface area contributed by atoms with Crippen molar-refractivity contribution in [1.29, 1.82) is 0 Å². The van der Waals surface area contributed by atoms with E-state index in [2.05, 4.69) is 11.8 Å². The second-order valence-corrected chi connectivity index (χ2v) is 8.07. The first-order valence-corrected chi connectivity index (χ1v) is 11.3. The predicted molar refractivity (Wildman–Crippen MR) is 106 cm³/mol. The Morgan fingerprint density at radius 1 is 0.480 bits per heavy atom. The monoisotopic (exact) mass is 374 g/mol. The lowest BCUT2D eigenvalue weighted by Gasteiger charge is -2.03. The van der Waals surface area contributed by atoms with Crippen LogP contribution in [0.3, 0.4) is 0 Å². The molecule has 0 radical (unpaired) electrons. The Balaban J connectivity index is 3.00. The van der Waals surface area contributed by atoms with E-state index in [1.165, 1.54) is 75.7 Å². The fourth-order valence-corrected chi connectivity index (χ4v) is 3.85. The van der Waals surface area contributed by atoms with Crippen LogP contribution in [0.2, 0.25) is 0 Å². The zero-order chi connectivity index (χ0) is 18.6. The van der Waals surface area contributed by atoms with Gasteiger partial charge in [0.1, 0.15) is 0 Å². The molecule has 0 aromatic carbocycles. The first-order valence-electron chi connectivity index (χ1n) is 10.1. The van der Waals surface area contributed by atoms with Gasteiger partial charge in [0.2, 0.25) is 0 Å². The summed E-state index contributed by atoms with van der Waals surface area (Å²) in [6.45, 7) is 0. The summed E-state index contributed by atoms with van der Waals surface area (Å²) in [7, 11) is 0. The number of hydrogen-bond acceptors (Lipinski definition) is 3. The Morgan fingerprint density at radius 3 is 1.08 bits per heavy atom. The quantitative estimate of drug-likeness (QED) is 0.251. The standard InChI is InChI=1S/C20H38O4S/c21-19(22)15-11-7-3-1-5-9-13-17-25-18-14-10-6-2-4-8-12-16-20(23)24/h1-18H2,(H,21,22)(H,23,24). The van der Waals surface area contributed by atoms with Crippen molar-refractivity contribution in [2.24, 2.45) is 0 Å². The lowest BCUT2D eigenvalue weighted by molar-refractivity contribution is -0.138. The molecule has 0 aliphatic carbocycles. The van der Waals surface area contributed by atoms with E-state index in [1.807, 2.05) is 0 Å². The summed E-state index contributed by atoms with van der Waals surface area (Å²) in [6, 6.07) is 0. The second-order valence-electron chi connectivity index (χ2n) is 6.85. The number of hydrogen-bond donors (Lipinski definition) is 2. The molecule has 25 heavy (non-hydrogen) atoms. The van der Waals surface area contributed by atoms with Gasteiger partial charge in [0.05, 0.1) is 0 Å². The topological polar surface area (TPSA) is 74.6 Å². The minimum atomic E-state index is -0.673. The molecule has 0 atom stereocenters. The van der Waals surface area contributed by atoms with Crippen LogP contribution in [0.25, 0.3) is 0 Å². The van der Waals surface area contributed by atoms with Gasteiger partial charge in [-0.05, 0) is 37.2 Å². The smallest absolute Gasteiger partial charge is 0.303 e. The molecule has 4 nitrogen and oxygen atoms in total. The molecule has 0 saturated carbocycles. The molecule has 0 aromatic heterocycles. The normalized spacial score (nSPS) is 10.9. The third kappa shape index (κ3) is 23.3. The highest BCUT2D eigenvalue weighted by Crippen LogP contribution is 2.14. The molecule has 0 rings (SSSR count). The highest BCUT2D eigenvalue weighted by atomic mass is 32.2. The van der Waals surface area contributed by atoms with Crippen molar-refractivity contribution < 1.29 is 19.8 Å². The van der Waals surface area contributed by atoms with Gasteiger partial charge in [0.15, 0.2) is 0 Å². The number of thioether (sulfide) groups is 1. The maximum Gasteiger partial charge on any atom is 0.303 e. The van der Waals surface area contributed by atoms with Crippen molar-refractivity contribution in [3.05, 3.63) is 0 Å². The van der Waals surface area contributed by atoms with E-state index in [0.29, 0.717) is 12.8 Å². The van der Waals surface area contributed by atoms with Gasteiger partial charge in [0.25, 0.3) is 0 Å². The van der Waals surface area contributed by atoms with Gasteiger partial charge >= 0.3 is 11.9 Å². The Hall–Kier alpha value is -0.710. The Kier molecular flexibility index (Phi) is 19.1. The van der Waals surface area contributed by atoms with E-state index in [0.717, 1.165) is 25.7 Å². The summed E-state index contributed by atoms with van der Waals surface area (Å²) >= 11 is 2.07. The van der Waals surface area contributed by atoms with Crippen molar-refractivity contribution in [3.8, 4) is 0 Å². The number of aliphatic carboxylic acids is 2. The SMILES string of the molecule is O=C(O)CCCCCCCCCSCCCCCCCCCC(=O)O. The van der Waals surface area contributed by atoms with Crippen LogP contribution in [0, 0.1) is 0 Å². The van der Waals surface area contributed by atoms with E-state index in [4.69, 9.17) is 10.2 Å². The van der Waals surface area contributed by atoms with E-state index < -0.39 is 11.9 Å². The van der Waals surface area contributed by atoms with Gasteiger partial charge in [-0.1, -0.05) is 64.2 Å². The predicted octanol–water partition coefficient (Wildman–Crippen LogP) is 6.13. The molecule has 0 bridgehead atoms. The summed E-state index contributed by atoms with van der Waals surface area (Å²) in [5.41, 5.74) is 0. The third-order valence-corrected chi connectivity index (χ3v) is 5.51. The third-order valence-electron chi connectivity index (χ3n) is 4.36. The average Bonchev–Trinajstić information content (AvgIpc) is 2.56. The van der Waals surface area contributed by atoms with Crippen molar-refractivity contribution in [2.75, 3.05) is 11.5 Å². The Labute approximate surface area is 158 Å². The molecule has 0 aromatic rings. The molecule has 0 aliphatic rings. The van der Waals surface area contributed by atoms with Crippen molar-refractivity contribution in [2.45, 2.75) is 103 Å². The van der Waals surface area contributed by atoms with Crippen LogP contribution in [0.5, 0.6) is 0 Å². The summed E-state index contributed by atoms with van der Waals surface area (Å²) in [5.74, 6) is 1.20. The Bertz CT molecular complexity index is 291. The summed E-state index contributed by atoms with van der Waals surface area (Å²) in [5, 5.41) is 17.1. The van der Waals surface area contributed by atoms with Crippen LogP contribution < -0.4 is 0 Å². The molecule has 5 heteroatoms. The lowest BCUT2D eigenvalue weighted by atomic mass is 10.1. The molecule has 0 spiro atoms. The molecule has 2 N–H and O–H groups in total. The highest BCUT2D eigenvalue weighted by Gasteiger charge is 1.98. The maximum absolute atomic E-state index is 10.4. The summed E-state index contributed by atoms with van der Waals surface area (Å²) < 4.78 is 0. The minimum absolute atomic E-state index is 0.321. The van der Waals surface area contributed by atoms with Gasteiger partial charge in [-0.15, -0.1) is 0 Å². The zero-order valence-electron chi connectivity index (χ0n) is 15.8. The van der Waals surface area contributed by atoms with Crippen LogP contribution >= 0.6 is 11.8 Å². The van der Waals surface area contributed by atoms with Crippen molar-refractivity contribution in [1.82, 2.24) is 0 Å². The Morgan fingerprint density at radius 2 is 0.760 bits per heavy atom. The largest absolute Gasteiger partial charge is 0.481 e. The molecule has 0 fully saturated rings. The van der Waals surface area contributed by atoms with Gasteiger partial charge in [0, 0.05) is 12.8 Å². The van der Waals surface area contributed by atoms with Crippen LogP contribution in [0.1, 0.15) is 103 Å². The lowest BCUT2D eigenvalue weighted by Crippen LogP contribution is -1.93. The number of carboxylic acid groups (broad SMARTS) is 2. The van der Waals surface area contributed by atoms with Crippen molar-refractivity contribution in [3.63, 3.8) is 0 Å². The number of carbonyl (C=O) groups is 2. The number of rotatable bonds is 20. The fraction of sp³-hybridized carbons (Fsp3) is 0.900. The van der Waals surface area contributed by atoms with Crippen molar-refractivity contribution >= 4 is 23.7 Å². The minimum Gasteiger partial charge on any atom is -0.481 e. The van der Waals surface area contributed by atoms with Gasteiger partial charge < -0.3 is 10.2 Å². The molecular formula is C20H38O4S. The molecule has 148 valence electrons. The zero-order valence-corrected chi connectivity index (χ0v) is 16.7. The first-order chi connectivity index (χ1) is 12.1. The van der Waals surface area contributed by atoms with Crippen LogP contribution in [0.15, 0.2) is 0 Å². The maximum atomic E-state index is 10.4. The van der Waals surface area contributed by atoms with Gasteiger partial charge in [-0.25, -0.2) is 0 Å². The fourth-order valence-electron chi connectivity index (χ4n) is 2.83. The van der Waals surface area contributed by atoms with E-state index >= 15 is 0 Å². The second kappa shape index (κ2) is 19.6. The molecule has 0 aliphatic heterocycles. The molecule has 0 unspecified atom stereocenters. The number of carboxylic acids is 2. The van der Waals surface area contributed by atoms with Gasteiger partial charge in [-0.3, -0.25) is 9.59 Å². The van der Waals surface area contributed by atoms with E-state index in [1.54, 1.807) is 0 Å². The van der Waals surface area contributed by atoms with Gasteiger partial charge in [-0.2, -0.15) is 11.8 Å². The summed E-state index contributed by atoms with van der Waals surface area (Å²) in [6.07, 6.45) is 17.1. The average molecular weight is 375 g/mol. The first kappa shape index (κ1) is 24.3. The number of unbranched alkanes of at least 4 members (excludes halogenated alkanes) is 12. The molecule has 0 saturated heterocycles. The molecule has 0 amide bonds. The van der Waals surface area contributed by atoms with Crippen LogP contribution in [-0.2, 0) is 9.59 Å². The van der Waals surface area contributed by atoms with Crippen LogP contribution in [-0.4, -0.2) is 33.7 Å². The highest BCUT2D eigenvalue weighted by molar-refractivity contribution is 7.99. The van der Waals surface area contributed by atoms with Crippen LogP contribution in [0.4, 0.5) is 0 Å². The molecule has 0 heterocycles.